The zero-order valence-electron chi connectivity index (χ0n) is 38.8. The molecule has 2 aliphatic rings. The van der Waals surface area contributed by atoms with Crippen molar-refractivity contribution < 1.29 is 19.1 Å². The topological polar surface area (TPSA) is 237 Å². The van der Waals surface area contributed by atoms with Gasteiger partial charge in [0.15, 0.2) is 5.82 Å². The standard InChI is InChI=1S/C53H47N15O4/c69-48(26-38-24-45(65-63-38)34-2-1-15-54-29-34)58-36-8-3-32(4-9-36)44-28-40-41(60-44)13-16-55-52(40)68-20-23-72-47(31-68)42-12-7-35(30-57-42)46-25-39(64-66-46)27-49(70)59-37-10-5-33(6-11-37)51-61-43-14-17-56-53(50(43)62-51)67-18-21-71-22-19-67/h1-17,24-25,28-30,47,60H,18-23,26-27,31H2,(H,58,69)(H,59,70)(H,61,62)(H,63,65)(H,64,66). The van der Waals surface area contributed by atoms with E-state index in [4.69, 9.17) is 24.4 Å². The second-order valence-electron chi connectivity index (χ2n) is 17.7. The summed E-state index contributed by atoms with van der Waals surface area (Å²) in [5.41, 5.74) is 12.2. The van der Waals surface area contributed by atoms with Crippen LogP contribution in [0.3, 0.4) is 0 Å². The number of carbonyl (C=O) groups excluding carboxylic acids is 2. The van der Waals surface area contributed by atoms with Gasteiger partial charge in [0.2, 0.25) is 11.8 Å². The van der Waals surface area contributed by atoms with Crippen LogP contribution in [-0.4, -0.2) is 113 Å². The Bertz CT molecular complexity index is 3530. The van der Waals surface area contributed by atoms with E-state index in [0.717, 1.165) is 91.8 Å². The number of H-pyrrole nitrogens is 4. The number of imidazole rings is 1. The molecule has 12 rings (SSSR count). The summed E-state index contributed by atoms with van der Waals surface area (Å²) in [7, 11) is 0. The van der Waals surface area contributed by atoms with Gasteiger partial charge in [-0.25, -0.2) is 15.0 Å². The SMILES string of the molecule is O=C(Cc1cc(-c2cccnc2)n[nH]1)Nc1ccc(-c2cc3c(N4CCOC(c5ccc(-c6cc(CC(=O)Nc7ccc(-c8nc9c(N%10CCOCC%10)nccc9[nH]8)cc7)[nH]n6)cn5)C4)nccc3[nH]2)cc1. The normalized spacial score (nSPS) is 15.0. The maximum Gasteiger partial charge on any atom is 0.230 e. The molecular weight excluding hydrogens is 911 g/mol. The van der Waals surface area contributed by atoms with Crippen molar-refractivity contribution in [1.29, 1.82) is 0 Å². The summed E-state index contributed by atoms with van der Waals surface area (Å²) in [6, 6.07) is 32.8. The van der Waals surface area contributed by atoms with Gasteiger partial charge in [0.1, 0.15) is 23.3 Å². The molecule has 0 spiro atoms. The Morgan fingerprint density at radius 3 is 1.96 bits per heavy atom. The first kappa shape index (κ1) is 44.2. The summed E-state index contributed by atoms with van der Waals surface area (Å²) in [6.07, 6.45) is 8.84. The molecule has 1 unspecified atom stereocenters. The molecule has 358 valence electrons. The first-order valence-corrected chi connectivity index (χ1v) is 23.7. The van der Waals surface area contributed by atoms with E-state index in [9.17, 15) is 9.59 Å². The van der Waals surface area contributed by atoms with Crippen molar-refractivity contribution in [2.24, 2.45) is 0 Å². The second-order valence-corrected chi connectivity index (χ2v) is 17.7. The number of aromatic nitrogens is 11. The molecule has 6 N–H and O–H groups in total. The zero-order valence-corrected chi connectivity index (χ0v) is 38.8. The predicted octanol–water partition coefficient (Wildman–Crippen LogP) is 7.52. The molecule has 2 saturated heterocycles. The molecule has 19 nitrogen and oxygen atoms in total. The summed E-state index contributed by atoms with van der Waals surface area (Å²) in [5, 5.41) is 21.8. The number of benzene rings is 2. The van der Waals surface area contributed by atoms with Crippen molar-refractivity contribution in [1.82, 2.24) is 55.3 Å². The molecule has 0 bridgehead atoms. The highest BCUT2D eigenvalue weighted by Crippen LogP contribution is 2.34. The molecular formula is C53H47N15O4. The average molecular weight is 958 g/mol. The number of nitrogens with one attached hydrogen (secondary N) is 6. The van der Waals surface area contributed by atoms with E-state index >= 15 is 0 Å². The van der Waals surface area contributed by atoms with Crippen molar-refractivity contribution in [3.8, 4) is 45.2 Å². The van der Waals surface area contributed by atoms with Gasteiger partial charge in [-0.15, -0.1) is 0 Å². The van der Waals surface area contributed by atoms with Crippen LogP contribution < -0.4 is 20.4 Å². The van der Waals surface area contributed by atoms with Crippen LogP contribution >= 0.6 is 0 Å². The highest BCUT2D eigenvalue weighted by molar-refractivity contribution is 5.96. The molecule has 19 heteroatoms. The fraction of sp³-hybridized carbons (Fsp3) is 0.189. The molecule has 2 aliphatic heterocycles. The number of hydrogen-bond acceptors (Lipinski definition) is 13. The minimum absolute atomic E-state index is 0.117. The molecule has 0 radical (unpaired) electrons. The monoisotopic (exact) mass is 957 g/mol. The van der Waals surface area contributed by atoms with Crippen molar-refractivity contribution in [3.63, 3.8) is 0 Å². The van der Waals surface area contributed by atoms with Gasteiger partial charge < -0.3 is 39.9 Å². The van der Waals surface area contributed by atoms with Crippen LogP contribution in [0.1, 0.15) is 23.2 Å². The van der Waals surface area contributed by atoms with E-state index in [2.05, 4.69) is 66.8 Å². The van der Waals surface area contributed by atoms with Crippen LogP contribution in [-0.2, 0) is 31.9 Å². The molecule has 8 aromatic heterocycles. The number of carbonyl (C=O) groups is 2. The van der Waals surface area contributed by atoms with Gasteiger partial charge >= 0.3 is 0 Å². The van der Waals surface area contributed by atoms with E-state index in [1.54, 1.807) is 24.8 Å². The highest BCUT2D eigenvalue weighted by atomic mass is 16.5. The molecule has 10 aromatic rings. The number of fused-ring (bicyclic) bond motifs is 2. The number of anilines is 4. The van der Waals surface area contributed by atoms with Crippen LogP contribution in [0.15, 0.2) is 134 Å². The summed E-state index contributed by atoms with van der Waals surface area (Å²) in [5.74, 6) is 2.12. The quantitative estimate of drug-likeness (QED) is 0.0657. The average Bonchev–Trinajstić information content (AvgIpc) is 4.27. The largest absolute Gasteiger partial charge is 0.378 e. The van der Waals surface area contributed by atoms with Gasteiger partial charge in [0, 0.05) is 101 Å². The fourth-order valence-corrected chi connectivity index (χ4v) is 9.19. The van der Waals surface area contributed by atoms with Crippen molar-refractivity contribution in [3.05, 3.63) is 151 Å². The number of aromatic amines is 4. The third-order valence-electron chi connectivity index (χ3n) is 12.8. The summed E-state index contributed by atoms with van der Waals surface area (Å²) < 4.78 is 11.8. The number of ether oxygens (including phenoxy) is 2. The number of pyridine rings is 4. The Morgan fingerprint density at radius 1 is 0.625 bits per heavy atom. The van der Waals surface area contributed by atoms with Gasteiger partial charge in [-0.3, -0.25) is 29.8 Å². The van der Waals surface area contributed by atoms with Crippen LogP contribution in [0.2, 0.25) is 0 Å². The number of hydrogen-bond donors (Lipinski definition) is 6. The third kappa shape index (κ3) is 9.36. The van der Waals surface area contributed by atoms with Gasteiger partial charge in [0.05, 0.1) is 67.3 Å². The maximum absolute atomic E-state index is 13.1. The van der Waals surface area contributed by atoms with Crippen molar-refractivity contribution in [2.75, 3.05) is 66.4 Å². The van der Waals surface area contributed by atoms with Gasteiger partial charge in [-0.1, -0.05) is 12.1 Å². The number of amides is 2. The number of rotatable bonds is 13. The molecule has 1 atom stereocenters. The lowest BCUT2D eigenvalue weighted by atomic mass is 10.1. The minimum Gasteiger partial charge on any atom is -0.378 e. The smallest absolute Gasteiger partial charge is 0.230 e. The van der Waals surface area contributed by atoms with Crippen LogP contribution in [0, 0.1) is 0 Å². The van der Waals surface area contributed by atoms with E-state index in [1.165, 1.54) is 0 Å². The molecule has 2 fully saturated rings. The molecule has 72 heavy (non-hydrogen) atoms. The van der Waals surface area contributed by atoms with E-state index in [1.807, 2.05) is 103 Å². The lowest BCUT2D eigenvalue weighted by molar-refractivity contribution is -0.116. The Kier molecular flexibility index (Phi) is 11.9. The maximum atomic E-state index is 13.1. The lowest BCUT2D eigenvalue weighted by Gasteiger charge is -2.33. The molecule has 0 saturated carbocycles. The molecule has 2 aromatic carbocycles. The Balaban J connectivity index is 0.647. The van der Waals surface area contributed by atoms with Crippen LogP contribution in [0.25, 0.3) is 67.1 Å². The summed E-state index contributed by atoms with van der Waals surface area (Å²) in [4.78, 5) is 60.7. The second kappa shape index (κ2) is 19.4. The molecule has 2 amide bonds. The highest BCUT2D eigenvalue weighted by Gasteiger charge is 2.26. The Morgan fingerprint density at radius 2 is 1.28 bits per heavy atom. The predicted molar refractivity (Wildman–Crippen MR) is 273 cm³/mol. The Hall–Kier alpha value is -9.07. The van der Waals surface area contributed by atoms with E-state index in [-0.39, 0.29) is 30.8 Å². The molecule has 0 aliphatic carbocycles. The van der Waals surface area contributed by atoms with E-state index in [0.29, 0.717) is 61.4 Å². The van der Waals surface area contributed by atoms with Crippen molar-refractivity contribution >= 4 is 56.8 Å². The number of nitrogens with zero attached hydrogens (tertiary/aromatic N) is 9. The summed E-state index contributed by atoms with van der Waals surface area (Å²) in [6.45, 7) is 4.62. The van der Waals surface area contributed by atoms with Crippen molar-refractivity contribution in [2.45, 2.75) is 18.9 Å². The number of morpholine rings is 2. The van der Waals surface area contributed by atoms with E-state index < -0.39 is 0 Å². The minimum atomic E-state index is -0.278. The third-order valence-corrected chi connectivity index (χ3v) is 12.8. The first-order valence-electron chi connectivity index (χ1n) is 23.7. The van der Waals surface area contributed by atoms with Crippen LogP contribution in [0.5, 0.6) is 0 Å². The first-order chi connectivity index (χ1) is 35.4. The molecule has 10 heterocycles. The summed E-state index contributed by atoms with van der Waals surface area (Å²) >= 11 is 0. The fourth-order valence-electron chi connectivity index (χ4n) is 9.19. The van der Waals surface area contributed by atoms with Gasteiger partial charge in [-0.2, -0.15) is 10.2 Å². The van der Waals surface area contributed by atoms with Crippen LogP contribution in [0.4, 0.5) is 23.0 Å². The Labute approximate surface area is 411 Å². The lowest BCUT2D eigenvalue weighted by Crippen LogP contribution is -2.39. The zero-order chi connectivity index (χ0) is 48.4. The van der Waals surface area contributed by atoms with Gasteiger partial charge in [-0.05, 0) is 96.6 Å². The van der Waals surface area contributed by atoms with Gasteiger partial charge in [0.25, 0.3) is 0 Å².